The molecule has 2 aliphatic rings. The van der Waals surface area contributed by atoms with Gasteiger partial charge in [0.1, 0.15) is 0 Å². The van der Waals surface area contributed by atoms with Crippen molar-refractivity contribution in [1.82, 2.24) is 4.90 Å². The summed E-state index contributed by atoms with van der Waals surface area (Å²) in [6, 6.07) is 10.7. The Kier molecular flexibility index (Phi) is 3.57. The zero-order chi connectivity index (χ0) is 16.8. The second kappa shape index (κ2) is 5.64. The normalized spacial score (nSPS) is 19.1. The number of fused-ring (bicyclic) bond motifs is 2. The number of benzene rings is 2. The van der Waals surface area contributed by atoms with Gasteiger partial charge in [-0.25, -0.2) is 4.79 Å². The predicted octanol–water partition coefficient (Wildman–Crippen LogP) is 4.07. The standard InChI is InChI=1S/C19H16ClNO3/c20-15-5-1-4-13-10-21(18(22)17(13)15)16-6-2-3-11-7-8-12(19(23)24)9-14(11)16/h1,4-5,7-9,16H,2-3,6,10H2,(H,23,24)/t16-/m1/s1. The molecule has 1 aliphatic heterocycles. The Morgan fingerprint density at radius 3 is 2.79 bits per heavy atom. The maximum atomic E-state index is 12.9. The molecule has 1 N–H and O–H groups in total. The molecule has 2 aromatic carbocycles. The summed E-state index contributed by atoms with van der Waals surface area (Å²) in [7, 11) is 0. The third-order valence-electron chi connectivity index (χ3n) is 4.97. The number of halogens is 1. The second-order valence-electron chi connectivity index (χ2n) is 6.33. The Morgan fingerprint density at radius 1 is 1.21 bits per heavy atom. The minimum absolute atomic E-state index is 0.0609. The smallest absolute Gasteiger partial charge is 0.335 e. The molecule has 0 bridgehead atoms. The molecule has 0 saturated heterocycles. The lowest BCUT2D eigenvalue weighted by molar-refractivity contribution is 0.0683. The van der Waals surface area contributed by atoms with Crippen molar-refractivity contribution < 1.29 is 14.7 Å². The number of carbonyl (C=O) groups excluding carboxylic acids is 1. The number of amides is 1. The molecule has 0 aromatic heterocycles. The van der Waals surface area contributed by atoms with Crippen molar-refractivity contribution in [2.75, 3.05) is 0 Å². The van der Waals surface area contributed by atoms with Crippen LogP contribution in [0.25, 0.3) is 0 Å². The maximum Gasteiger partial charge on any atom is 0.335 e. The Balaban J connectivity index is 1.75. The summed E-state index contributed by atoms with van der Waals surface area (Å²) in [4.78, 5) is 26.0. The van der Waals surface area contributed by atoms with Crippen LogP contribution >= 0.6 is 11.6 Å². The third kappa shape index (κ3) is 2.29. The summed E-state index contributed by atoms with van der Waals surface area (Å²) in [5, 5.41) is 9.75. The van der Waals surface area contributed by atoms with Gasteiger partial charge in [-0.3, -0.25) is 4.79 Å². The summed E-state index contributed by atoms with van der Waals surface area (Å²) < 4.78 is 0. The maximum absolute atomic E-state index is 12.9. The molecule has 4 nitrogen and oxygen atoms in total. The van der Waals surface area contributed by atoms with E-state index in [1.807, 2.05) is 23.1 Å². The Labute approximate surface area is 144 Å². The fraction of sp³-hybridized carbons (Fsp3) is 0.263. The molecule has 0 fully saturated rings. The van der Waals surface area contributed by atoms with Gasteiger partial charge in [0.25, 0.3) is 5.91 Å². The quantitative estimate of drug-likeness (QED) is 0.895. The van der Waals surface area contributed by atoms with E-state index < -0.39 is 5.97 Å². The molecule has 1 aliphatic carbocycles. The topological polar surface area (TPSA) is 57.6 Å². The largest absolute Gasteiger partial charge is 0.478 e. The SMILES string of the molecule is O=C(O)c1ccc2c(c1)[C@H](N1Cc3cccc(Cl)c3C1=O)CCC2. The van der Waals surface area contributed by atoms with Gasteiger partial charge in [-0.2, -0.15) is 0 Å². The summed E-state index contributed by atoms with van der Waals surface area (Å²) >= 11 is 6.21. The number of aromatic carboxylic acids is 1. The number of carbonyl (C=O) groups is 2. The summed E-state index contributed by atoms with van der Waals surface area (Å²) in [5.74, 6) is -1.00. The van der Waals surface area contributed by atoms with Crippen molar-refractivity contribution in [3.05, 3.63) is 69.2 Å². The van der Waals surface area contributed by atoms with Crippen LogP contribution in [0, 0.1) is 0 Å². The molecule has 5 heteroatoms. The summed E-state index contributed by atoms with van der Waals surface area (Å²) in [6.07, 6.45) is 2.74. The molecular formula is C19H16ClNO3. The lowest BCUT2D eigenvalue weighted by Gasteiger charge is -2.33. The highest BCUT2D eigenvalue weighted by atomic mass is 35.5. The minimum Gasteiger partial charge on any atom is -0.478 e. The van der Waals surface area contributed by atoms with Crippen LogP contribution < -0.4 is 0 Å². The van der Waals surface area contributed by atoms with E-state index in [9.17, 15) is 14.7 Å². The van der Waals surface area contributed by atoms with Crippen molar-refractivity contribution >= 4 is 23.5 Å². The Bertz CT molecular complexity index is 862. The number of carboxylic acids is 1. The molecule has 2 aromatic rings. The molecule has 0 unspecified atom stereocenters. The van der Waals surface area contributed by atoms with Crippen molar-refractivity contribution in [3.8, 4) is 0 Å². The van der Waals surface area contributed by atoms with Gasteiger partial charge in [-0.05, 0) is 54.2 Å². The van der Waals surface area contributed by atoms with E-state index in [-0.39, 0.29) is 17.5 Å². The van der Waals surface area contributed by atoms with E-state index in [1.165, 1.54) is 0 Å². The van der Waals surface area contributed by atoms with Crippen LogP contribution in [-0.4, -0.2) is 21.9 Å². The lowest BCUT2D eigenvalue weighted by atomic mass is 9.85. The van der Waals surface area contributed by atoms with Gasteiger partial charge in [0.2, 0.25) is 0 Å². The highest BCUT2D eigenvalue weighted by Gasteiger charge is 2.36. The van der Waals surface area contributed by atoms with Crippen LogP contribution in [0.3, 0.4) is 0 Å². The highest BCUT2D eigenvalue weighted by molar-refractivity contribution is 6.34. The van der Waals surface area contributed by atoms with Gasteiger partial charge in [0.05, 0.1) is 22.2 Å². The van der Waals surface area contributed by atoms with E-state index in [2.05, 4.69) is 0 Å². The fourth-order valence-electron chi connectivity index (χ4n) is 3.82. The highest BCUT2D eigenvalue weighted by Crippen LogP contribution is 2.40. The Morgan fingerprint density at radius 2 is 2.04 bits per heavy atom. The van der Waals surface area contributed by atoms with Crippen molar-refractivity contribution in [2.45, 2.75) is 31.8 Å². The van der Waals surface area contributed by atoms with E-state index in [1.54, 1.807) is 18.2 Å². The van der Waals surface area contributed by atoms with Crippen LogP contribution in [0.5, 0.6) is 0 Å². The molecular weight excluding hydrogens is 326 g/mol. The van der Waals surface area contributed by atoms with Crippen molar-refractivity contribution in [1.29, 1.82) is 0 Å². The van der Waals surface area contributed by atoms with Crippen LogP contribution in [0.2, 0.25) is 5.02 Å². The number of hydrogen-bond donors (Lipinski definition) is 1. The summed E-state index contributed by atoms with van der Waals surface area (Å²) in [6.45, 7) is 0.524. The average molecular weight is 342 g/mol. The molecule has 0 radical (unpaired) electrons. The van der Waals surface area contributed by atoms with E-state index in [0.29, 0.717) is 17.1 Å². The van der Waals surface area contributed by atoms with Gasteiger partial charge < -0.3 is 10.0 Å². The second-order valence-corrected chi connectivity index (χ2v) is 6.74. The summed E-state index contributed by atoms with van der Waals surface area (Å²) in [5.41, 5.74) is 3.88. The minimum atomic E-state index is -0.943. The third-order valence-corrected chi connectivity index (χ3v) is 5.28. The lowest BCUT2D eigenvalue weighted by Crippen LogP contribution is -2.32. The number of nitrogens with zero attached hydrogens (tertiary/aromatic N) is 1. The van der Waals surface area contributed by atoms with E-state index in [4.69, 9.17) is 11.6 Å². The van der Waals surface area contributed by atoms with Gasteiger partial charge >= 0.3 is 5.97 Å². The van der Waals surface area contributed by atoms with Gasteiger partial charge in [0, 0.05) is 6.54 Å². The molecule has 4 rings (SSSR count). The molecule has 0 spiro atoms. The van der Waals surface area contributed by atoms with E-state index in [0.717, 1.165) is 36.0 Å². The first-order chi connectivity index (χ1) is 11.6. The van der Waals surface area contributed by atoms with Crippen LogP contribution in [0.4, 0.5) is 0 Å². The van der Waals surface area contributed by atoms with Gasteiger partial charge in [-0.1, -0.05) is 29.8 Å². The first-order valence-corrected chi connectivity index (χ1v) is 8.38. The van der Waals surface area contributed by atoms with Crippen LogP contribution in [0.1, 0.15) is 56.3 Å². The number of carboxylic acid groups (broad SMARTS) is 1. The molecule has 1 heterocycles. The monoisotopic (exact) mass is 341 g/mol. The molecule has 1 atom stereocenters. The first kappa shape index (κ1) is 15.2. The first-order valence-electron chi connectivity index (χ1n) is 8.00. The Hall–Kier alpha value is -2.33. The molecule has 0 saturated carbocycles. The van der Waals surface area contributed by atoms with Gasteiger partial charge in [-0.15, -0.1) is 0 Å². The molecule has 1 amide bonds. The van der Waals surface area contributed by atoms with Crippen molar-refractivity contribution in [3.63, 3.8) is 0 Å². The number of aryl methyl sites for hydroxylation is 1. The molecule has 122 valence electrons. The molecule has 24 heavy (non-hydrogen) atoms. The zero-order valence-electron chi connectivity index (χ0n) is 13.0. The number of rotatable bonds is 2. The van der Waals surface area contributed by atoms with Crippen LogP contribution in [0.15, 0.2) is 36.4 Å². The average Bonchev–Trinajstić information content (AvgIpc) is 2.91. The van der Waals surface area contributed by atoms with Crippen molar-refractivity contribution in [2.24, 2.45) is 0 Å². The van der Waals surface area contributed by atoms with Crippen LogP contribution in [-0.2, 0) is 13.0 Å². The van der Waals surface area contributed by atoms with Gasteiger partial charge in [0.15, 0.2) is 0 Å². The number of hydrogen-bond acceptors (Lipinski definition) is 2. The predicted molar refractivity (Wildman–Crippen MR) is 90.4 cm³/mol. The van der Waals surface area contributed by atoms with E-state index >= 15 is 0 Å². The zero-order valence-corrected chi connectivity index (χ0v) is 13.7. The fourth-order valence-corrected chi connectivity index (χ4v) is 4.10.